The molecule has 0 aromatic rings. The minimum atomic E-state index is -2.79. The fraction of sp³-hybridized carbons (Fsp3) is 0.889. The zero-order chi connectivity index (χ0) is 11.5. The molecule has 1 unspecified atom stereocenters. The fourth-order valence-electron chi connectivity index (χ4n) is 1.52. The van der Waals surface area contributed by atoms with E-state index in [1.165, 1.54) is 0 Å². The Morgan fingerprint density at radius 1 is 1.60 bits per heavy atom. The Morgan fingerprint density at radius 3 is 2.73 bits per heavy atom. The molecular formula is C9H17NO3S2. The Bertz CT molecular complexity index is 324. The number of ether oxygens (including phenoxy) is 1. The third-order valence-corrected chi connectivity index (χ3v) is 4.28. The highest BCUT2D eigenvalue weighted by Crippen LogP contribution is 2.17. The van der Waals surface area contributed by atoms with Gasteiger partial charge in [0.05, 0.1) is 17.6 Å². The predicted molar refractivity (Wildman–Crippen MR) is 63.6 cm³/mol. The molecule has 0 bridgehead atoms. The van der Waals surface area contributed by atoms with Crippen molar-refractivity contribution >= 4 is 27.2 Å². The van der Waals surface area contributed by atoms with Crippen molar-refractivity contribution in [3.05, 3.63) is 0 Å². The van der Waals surface area contributed by atoms with Gasteiger partial charge < -0.3 is 10.1 Å². The quantitative estimate of drug-likeness (QED) is 0.749. The summed E-state index contributed by atoms with van der Waals surface area (Å²) in [7, 11) is -2.79. The molecule has 4 nitrogen and oxygen atoms in total. The number of hydrogen-bond donors (Lipinski definition) is 1. The molecule has 1 aliphatic heterocycles. The standard InChI is InChI=1S/C9H17NO3S2/c1-7(2)13-9(14)10-5-8-3-4-15(11,12)6-8/h7-8H,3-6H2,1-2H3,(H,10,14). The molecule has 1 rings (SSSR count). The highest BCUT2D eigenvalue weighted by Gasteiger charge is 2.27. The lowest BCUT2D eigenvalue weighted by Crippen LogP contribution is -2.31. The van der Waals surface area contributed by atoms with Gasteiger partial charge in [0.25, 0.3) is 5.17 Å². The second-order valence-corrected chi connectivity index (χ2v) is 6.70. The van der Waals surface area contributed by atoms with Crippen molar-refractivity contribution < 1.29 is 13.2 Å². The average molecular weight is 251 g/mol. The van der Waals surface area contributed by atoms with E-state index in [9.17, 15) is 8.42 Å². The van der Waals surface area contributed by atoms with Crippen LogP contribution in [0.1, 0.15) is 20.3 Å². The SMILES string of the molecule is CC(C)OC(=S)NCC1CCS(=O)(=O)C1. The zero-order valence-electron chi connectivity index (χ0n) is 9.02. The highest BCUT2D eigenvalue weighted by atomic mass is 32.2. The van der Waals surface area contributed by atoms with Crippen LogP contribution in [0, 0.1) is 5.92 Å². The molecule has 0 saturated carbocycles. The molecular weight excluding hydrogens is 234 g/mol. The molecule has 6 heteroatoms. The van der Waals surface area contributed by atoms with E-state index in [4.69, 9.17) is 17.0 Å². The summed E-state index contributed by atoms with van der Waals surface area (Å²) in [6, 6.07) is 0. The van der Waals surface area contributed by atoms with Crippen molar-refractivity contribution in [2.24, 2.45) is 5.92 Å². The second-order valence-electron chi connectivity index (χ2n) is 4.10. The summed E-state index contributed by atoms with van der Waals surface area (Å²) in [5, 5.41) is 3.29. The van der Waals surface area contributed by atoms with Crippen LogP contribution in [-0.2, 0) is 14.6 Å². The maximum Gasteiger partial charge on any atom is 0.256 e. The monoisotopic (exact) mass is 251 g/mol. The molecule has 1 aliphatic rings. The third kappa shape index (κ3) is 4.79. The summed E-state index contributed by atoms with van der Waals surface area (Å²) in [6.45, 7) is 4.38. The molecule has 0 aromatic carbocycles. The second kappa shape index (κ2) is 5.12. The van der Waals surface area contributed by atoms with Gasteiger partial charge in [0.15, 0.2) is 9.84 Å². The van der Waals surface area contributed by atoms with Crippen molar-refractivity contribution in [2.45, 2.75) is 26.4 Å². The van der Waals surface area contributed by atoms with Crippen LogP contribution in [0.5, 0.6) is 0 Å². The molecule has 0 radical (unpaired) electrons. The van der Waals surface area contributed by atoms with Crippen molar-refractivity contribution in [1.29, 1.82) is 0 Å². The van der Waals surface area contributed by atoms with E-state index in [-0.39, 0.29) is 17.8 Å². The molecule has 15 heavy (non-hydrogen) atoms. The first-order valence-corrected chi connectivity index (χ1v) is 7.27. The molecule has 0 spiro atoms. The van der Waals surface area contributed by atoms with Crippen LogP contribution >= 0.6 is 12.2 Å². The Labute approximate surface area is 96.3 Å². The smallest absolute Gasteiger partial charge is 0.256 e. The van der Waals surface area contributed by atoms with Gasteiger partial charge in [-0.3, -0.25) is 0 Å². The Balaban J connectivity index is 2.24. The fourth-order valence-corrected chi connectivity index (χ4v) is 3.65. The van der Waals surface area contributed by atoms with Crippen molar-refractivity contribution in [3.63, 3.8) is 0 Å². The predicted octanol–water partition coefficient (Wildman–Crippen LogP) is 0.721. The molecule has 1 saturated heterocycles. The lowest BCUT2D eigenvalue weighted by atomic mass is 10.1. The Kier molecular flexibility index (Phi) is 4.33. The van der Waals surface area contributed by atoms with Gasteiger partial charge in [0.2, 0.25) is 0 Å². The van der Waals surface area contributed by atoms with Gasteiger partial charge in [0, 0.05) is 6.54 Å². The van der Waals surface area contributed by atoms with Crippen LogP contribution in [0.15, 0.2) is 0 Å². The van der Waals surface area contributed by atoms with E-state index in [1.54, 1.807) is 0 Å². The van der Waals surface area contributed by atoms with Crippen LogP contribution in [0.4, 0.5) is 0 Å². The van der Waals surface area contributed by atoms with Gasteiger partial charge >= 0.3 is 0 Å². The molecule has 0 aromatic heterocycles. The molecule has 1 atom stereocenters. The van der Waals surface area contributed by atoms with Gasteiger partial charge in [-0.05, 0) is 38.4 Å². The number of nitrogens with one attached hydrogen (secondary N) is 1. The van der Waals surface area contributed by atoms with Crippen LogP contribution in [0.3, 0.4) is 0 Å². The summed E-state index contributed by atoms with van der Waals surface area (Å²) in [6.07, 6.45) is 0.775. The van der Waals surface area contributed by atoms with Crippen LogP contribution in [-0.4, -0.2) is 37.7 Å². The number of thiocarbonyl (C=S) groups is 1. The number of hydrogen-bond acceptors (Lipinski definition) is 4. The molecule has 1 heterocycles. The Morgan fingerprint density at radius 2 is 2.27 bits per heavy atom. The van der Waals surface area contributed by atoms with Gasteiger partial charge in [-0.1, -0.05) is 0 Å². The summed E-state index contributed by atoms with van der Waals surface area (Å²) in [4.78, 5) is 0. The number of rotatable bonds is 3. The maximum atomic E-state index is 11.2. The maximum absolute atomic E-state index is 11.2. The van der Waals surface area contributed by atoms with Gasteiger partial charge in [-0.25, -0.2) is 8.42 Å². The lowest BCUT2D eigenvalue weighted by Gasteiger charge is -2.14. The molecule has 1 fully saturated rings. The first kappa shape index (κ1) is 12.7. The van der Waals surface area contributed by atoms with Crippen molar-refractivity contribution in [1.82, 2.24) is 5.32 Å². The van der Waals surface area contributed by atoms with Gasteiger partial charge in [-0.2, -0.15) is 0 Å². The van der Waals surface area contributed by atoms with Crippen LogP contribution in [0.2, 0.25) is 0 Å². The Hall–Kier alpha value is -0.360. The van der Waals surface area contributed by atoms with Crippen molar-refractivity contribution in [2.75, 3.05) is 18.1 Å². The van der Waals surface area contributed by atoms with E-state index in [0.717, 1.165) is 6.42 Å². The summed E-state index contributed by atoms with van der Waals surface area (Å²) in [5.74, 6) is 0.741. The van der Waals surface area contributed by atoms with E-state index in [2.05, 4.69) is 5.32 Å². The summed E-state index contributed by atoms with van der Waals surface area (Å²) < 4.78 is 27.6. The van der Waals surface area contributed by atoms with Gasteiger partial charge in [-0.15, -0.1) is 0 Å². The largest absolute Gasteiger partial charge is 0.468 e. The zero-order valence-corrected chi connectivity index (χ0v) is 10.7. The van der Waals surface area contributed by atoms with E-state index >= 15 is 0 Å². The molecule has 1 N–H and O–H groups in total. The number of sulfone groups is 1. The van der Waals surface area contributed by atoms with Gasteiger partial charge in [0.1, 0.15) is 0 Å². The van der Waals surface area contributed by atoms with Crippen LogP contribution in [0.25, 0.3) is 0 Å². The molecule has 0 amide bonds. The molecule has 0 aliphatic carbocycles. The lowest BCUT2D eigenvalue weighted by molar-refractivity contribution is 0.223. The normalized spacial score (nSPS) is 24.1. The van der Waals surface area contributed by atoms with E-state index < -0.39 is 9.84 Å². The molecule has 88 valence electrons. The van der Waals surface area contributed by atoms with Crippen molar-refractivity contribution in [3.8, 4) is 0 Å². The summed E-state index contributed by atoms with van der Waals surface area (Å²) in [5.41, 5.74) is 0. The third-order valence-electron chi connectivity index (χ3n) is 2.20. The minimum absolute atomic E-state index is 0.0531. The first-order valence-electron chi connectivity index (χ1n) is 5.04. The average Bonchev–Trinajstić information content (AvgIpc) is 2.41. The van der Waals surface area contributed by atoms with E-state index in [1.807, 2.05) is 13.8 Å². The topological polar surface area (TPSA) is 55.4 Å². The van der Waals surface area contributed by atoms with E-state index in [0.29, 0.717) is 17.5 Å². The summed E-state index contributed by atoms with van der Waals surface area (Å²) >= 11 is 4.94. The minimum Gasteiger partial charge on any atom is -0.468 e. The highest BCUT2D eigenvalue weighted by molar-refractivity contribution is 7.91. The first-order chi connectivity index (χ1) is 6.89. The van der Waals surface area contributed by atoms with Crippen LogP contribution < -0.4 is 5.32 Å².